The molecule has 0 aliphatic carbocycles. The van der Waals surface area contributed by atoms with Gasteiger partial charge in [-0.3, -0.25) is 19.4 Å². The van der Waals surface area contributed by atoms with E-state index in [9.17, 15) is 14.4 Å². The van der Waals surface area contributed by atoms with Gasteiger partial charge in [0.1, 0.15) is 13.1 Å². The van der Waals surface area contributed by atoms with Crippen molar-refractivity contribution < 1.29 is 19.5 Å². The Balaban J connectivity index is 3.74. The van der Waals surface area contributed by atoms with Crippen LogP contribution in [0.15, 0.2) is 0 Å². The summed E-state index contributed by atoms with van der Waals surface area (Å²) in [5.41, 5.74) is 0. The smallest absolute Gasteiger partial charge is 0.322 e. The molecular weight excluding hydrogens is 178 g/mol. The number of rotatable bonds is 4. The first kappa shape index (κ1) is 11.4. The zero-order valence-electron chi connectivity index (χ0n) is 7.11. The van der Waals surface area contributed by atoms with Crippen LogP contribution in [0.1, 0.15) is 6.92 Å². The second-order valence-corrected chi connectivity index (χ2v) is 2.32. The molecule has 0 saturated carbocycles. The third-order valence-electron chi connectivity index (χ3n) is 1.16. The monoisotopic (exact) mass is 189 g/mol. The quantitative estimate of drug-likeness (QED) is 0.266. The van der Waals surface area contributed by atoms with Crippen LogP contribution in [-0.4, -0.2) is 41.0 Å². The molecule has 7 heteroatoms. The minimum absolute atomic E-state index is 0.345. The Kier molecular flexibility index (Phi) is 4.45. The molecule has 0 rings (SSSR count). The first-order valence-corrected chi connectivity index (χ1v) is 3.44. The second kappa shape index (κ2) is 5.09. The molecule has 4 N–H and O–H groups in total. The number of hydrogen-bond donors (Lipinski definition) is 3. The molecule has 13 heavy (non-hydrogen) atoms. The summed E-state index contributed by atoms with van der Waals surface area (Å²) >= 11 is 0. The summed E-state index contributed by atoms with van der Waals surface area (Å²) in [5.74, 6) is 2.87. The molecule has 0 aromatic heterocycles. The lowest BCUT2D eigenvalue weighted by Gasteiger charge is -2.12. The van der Waals surface area contributed by atoms with Crippen LogP contribution in [0.25, 0.3) is 0 Å². The number of carbonyl (C=O) groups excluding carboxylic acids is 2. The summed E-state index contributed by atoms with van der Waals surface area (Å²) < 4.78 is 0. The summed E-state index contributed by atoms with van der Waals surface area (Å²) in [6.07, 6.45) is 0. The van der Waals surface area contributed by atoms with Crippen LogP contribution < -0.4 is 11.2 Å². The highest BCUT2D eigenvalue weighted by Crippen LogP contribution is 1.78. The third kappa shape index (κ3) is 5.62. The Morgan fingerprint density at radius 1 is 1.46 bits per heavy atom. The number of hydrazine groups is 1. The van der Waals surface area contributed by atoms with Gasteiger partial charge in [0.25, 0.3) is 0 Å². The Labute approximate surface area is 74.5 Å². The summed E-state index contributed by atoms with van der Waals surface area (Å²) in [6, 6.07) is 0. The molecule has 0 bridgehead atoms. The number of hydrogen-bond acceptors (Lipinski definition) is 4. The third-order valence-corrected chi connectivity index (χ3v) is 1.16. The zero-order valence-corrected chi connectivity index (χ0v) is 7.11. The molecule has 0 aliphatic rings. The molecule has 2 amide bonds. The number of carboxylic acid groups (broad SMARTS) is 1. The summed E-state index contributed by atoms with van der Waals surface area (Å²) in [6.45, 7) is 0.373. The number of nitrogens with one attached hydrogen (secondary N) is 1. The minimum atomic E-state index is -1.15. The van der Waals surface area contributed by atoms with E-state index in [1.54, 1.807) is 0 Å². The van der Waals surface area contributed by atoms with Gasteiger partial charge in [-0.1, -0.05) is 0 Å². The van der Waals surface area contributed by atoms with E-state index in [1.165, 1.54) is 6.92 Å². The number of amides is 2. The second-order valence-electron chi connectivity index (χ2n) is 2.32. The standard InChI is InChI=1S/C6H11N3O4/c1-4(10)9(7)3-5(11)8-2-6(12)13/h2-3,7H2,1H3,(H,8,11)(H,12,13). The van der Waals surface area contributed by atoms with Crippen LogP contribution in [0, 0.1) is 0 Å². The first-order chi connectivity index (χ1) is 5.93. The van der Waals surface area contributed by atoms with Crippen molar-refractivity contribution in [2.45, 2.75) is 6.92 Å². The van der Waals surface area contributed by atoms with Crippen LogP contribution in [0.4, 0.5) is 0 Å². The number of carbonyl (C=O) groups is 3. The molecule has 74 valence electrons. The lowest BCUT2D eigenvalue weighted by atomic mass is 10.5. The van der Waals surface area contributed by atoms with Crippen molar-refractivity contribution in [2.75, 3.05) is 13.1 Å². The van der Waals surface area contributed by atoms with Crippen molar-refractivity contribution in [1.29, 1.82) is 0 Å². The predicted octanol–water partition coefficient (Wildman–Crippen LogP) is -2.09. The Bertz CT molecular complexity index is 228. The molecule has 0 aromatic carbocycles. The highest BCUT2D eigenvalue weighted by Gasteiger charge is 2.09. The normalized spacial score (nSPS) is 9.08. The summed E-state index contributed by atoms with van der Waals surface area (Å²) in [5, 5.41) is 10.9. The Morgan fingerprint density at radius 3 is 2.38 bits per heavy atom. The van der Waals surface area contributed by atoms with E-state index in [1.807, 2.05) is 0 Å². The van der Waals surface area contributed by atoms with Gasteiger partial charge < -0.3 is 10.4 Å². The van der Waals surface area contributed by atoms with E-state index in [4.69, 9.17) is 10.9 Å². The molecule has 0 atom stereocenters. The van der Waals surface area contributed by atoms with E-state index < -0.39 is 24.3 Å². The summed E-state index contributed by atoms with van der Waals surface area (Å²) in [7, 11) is 0. The number of aliphatic carboxylic acids is 1. The molecule has 0 radical (unpaired) electrons. The van der Waals surface area contributed by atoms with Crippen LogP contribution in [0.3, 0.4) is 0 Å². The maximum absolute atomic E-state index is 10.8. The lowest BCUT2D eigenvalue weighted by Crippen LogP contribution is -2.44. The molecule has 7 nitrogen and oxygen atoms in total. The van der Waals surface area contributed by atoms with Gasteiger partial charge in [0.2, 0.25) is 11.8 Å². The van der Waals surface area contributed by atoms with Gasteiger partial charge in [-0.15, -0.1) is 0 Å². The van der Waals surface area contributed by atoms with Crippen molar-refractivity contribution in [2.24, 2.45) is 5.84 Å². The maximum Gasteiger partial charge on any atom is 0.322 e. The average Bonchev–Trinajstić information content (AvgIpc) is 2.00. The fourth-order valence-electron chi connectivity index (χ4n) is 0.496. The molecule has 0 fully saturated rings. The van der Waals surface area contributed by atoms with Gasteiger partial charge in [0.05, 0.1) is 0 Å². The van der Waals surface area contributed by atoms with Crippen molar-refractivity contribution in [3.63, 3.8) is 0 Å². The first-order valence-electron chi connectivity index (χ1n) is 3.44. The SMILES string of the molecule is CC(=O)N(N)CC(=O)NCC(=O)O. The van der Waals surface area contributed by atoms with Gasteiger partial charge in [0, 0.05) is 6.92 Å². The minimum Gasteiger partial charge on any atom is -0.480 e. The van der Waals surface area contributed by atoms with E-state index in [-0.39, 0.29) is 6.54 Å². The van der Waals surface area contributed by atoms with Gasteiger partial charge in [-0.05, 0) is 0 Å². The average molecular weight is 189 g/mol. The van der Waals surface area contributed by atoms with Crippen molar-refractivity contribution in [1.82, 2.24) is 10.3 Å². The van der Waals surface area contributed by atoms with E-state index >= 15 is 0 Å². The van der Waals surface area contributed by atoms with Crippen LogP contribution in [0.2, 0.25) is 0 Å². The molecule has 0 unspecified atom stereocenters. The maximum atomic E-state index is 10.8. The predicted molar refractivity (Wildman–Crippen MR) is 42.2 cm³/mol. The van der Waals surface area contributed by atoms with E-state index in [0.29, 0.717) is 5.01 Å². The van der Waals surface area contributed by atoms with Gasteiger partial charge in [-0.2, -0.15) is 0 Å². The lowest BCUT2D eigenvalue weighted by molar-refractivity contribution is -0.138. The van der Waals surface area contributed by atoms with Crippen molar-refractivity contribution >= 4 is 17.8 Å². The van der Waals surface area contributed by atoms with Crippen LogP contribution in [-0.2, 0) is 14.4 Å². The molecule has 0 saturated heterocycles. The fourth-order valence-corrected chi connectivity index (χ4v) is 0.496. The topological polar surface area (TPSA) is 113 Å². The highest BCUT2D eigenvalue weighted by atomic mass is 16.4. The molecule has 0 aromatic rings. The van der Waals surface area contributed by atoms with Gasteiger partial charge in [-0.25, -0.2) is 5.84 Å². The number of nitrogens with two attached hydrogens (primary N) is 1. The largest absolute Gasteiger partial charge is 0.480 e. The van der Waals surface area contributed by atoms with Crippen LogP contribution >= 0.6 is 0 Å². The summed E-state index contributed by atoms with van der Waals surface area (Å²) in [4.78, 5) is 31.3. The molecule has 0 spiro atoms. The highest BCUT2D eigenvalue weighted by molar-refractivity contribution is 5.85. The van der Waals surface area contributed by atoms with Gasteiger partial charge in [0.15, 0.2) is 0 Å². The van der Waals surface area contributed by atoms with E-state index in [0.717, 1.165) is 0 Å². The number of carboxylic acids is 1. The molecular formula is C6H11N3O4. The van der Waals surface area contributed by atoms with Crippen molar-refractivity contribution in [3.05, 3.63) is 0 Å². The Hall–Kier alpha value is -1.63. The Morgan fingerprint density at radius 2 is 2.00 bits per heavy atom. The van der Waals surface area contributed by atoms with E-state index in [2.05, 4.69) is 5.32 Å². The van der Waals surface area contributed by atoms with Crippen molar-refractivity contribution in [3.8, 4) is 0 Å². The molecule has 0 heterocycles. The molecule has 0 aliphatic heterocycles. The fraction of sp³-hybridized carbons (Fsp3) is 0.500. The zero-order chi connectivity index (χ0) is 10.4. The number of nitrogens with zero attached hydrogens (tertiary/aromatic N) is 1. The van der Waals surface area contributed by atoms with Crippen LogP contribution in [0.5, 0.6) is 0 Å². The van der Waals surface area contributed by atoms with Gasteiger partial charge >= 0.3 is 5.97 Å².